The van der Waals surface area contributed by atoms with Crippen LogP contribution in [0, 0.1) is 18.7 Å². The van der Waals surface area contributed by atoms with Gasteiger partial charge in [0.1, 0.15) is 11.6 Å². The van der Waals surface area contributed by atoms with Crippen LogP contribution in [0.25, 0.3) is 0 Å². The molecule has 0 radical (unpaired) electrons. The maximum atomic E-state index is 12.7. The fourth-order valence-corrected chi connectivity index (χ4v) is 1.03. The summed E-state index contributed by atoms with van der Waals surface area (Å²) in [7, 11) is 0. The first-order chi connectivity index (χ1) is 7.09. The molecule has 0 atom stereocenters. The molecule has 2 heteroatoms. The largest absolute Gasteiger partial charge is 0.493 e. The quantitative estimate of drug-likeness (QED) is 0.729. The smallest absolute Gasteiger partial charge is 0.123 e. The summed E-state index contributed by atoms with van der Waals surface area (Å²) in [6.07, 6.45) is 0. The monoisotopic (exact) mass is 212 g/mol. The van der Waals surface area contributed by atoms with Gasteiger partial charge in [0.15, 0.2) is 0 Å². The highest BCUT2D eigenvalue weighted by atomic mass is 19.1. The van der Waals surface area contributed by atoms with E-state index in [1.807, 2.05) is 20.8 Å². The molecule has 0 aliphatic rings. The summed E-state index contributed by atoms with van der Waals surface area (Å²) in [6.45, 7) is 10.7. The summed E-state index contributed by atoms with van der Waals surface area (Å²) >= 11 is 0. The van der Waals surface area contributed by atoms with E-state index < -0.39 is 0 Å². The Morgan fingerprint density at radius 3 is 2.33 bits per heavy atom. The zero-order valence-corrected chi connectivity index (χ0v) is 10.3. The molecule has 0 saturated carbocycles. The SMILES string of the molecule is CC.Cc1cc(F)ccc1OCC(C)C. The Morgan fingerprint density at radius 2 is 1.87 bits per heavy atom. The highest BCUT2D eigenvalue weighted by molar-refractivity contribution is 5.32. The molecule has 86 valence electrons. The maximum absolute atomic E-state index is 12.7. The van der Waals surface area contributed by atoms with Gasteiger partial charge in [-0.25, -0.2) is 4.39 Å². The summed E-state index contributed by atoms with van der Waals surface area (Å²) in [5, 5.41) is 0. The normalized spacial score (nSPS) is 9.53. The van der Waals surface area contributed by atoms with Crippen molar-refractivity contribution in [2.75, 3.05) is 6.61 Å². The number of ether oxygens (including phenoxy) is 1. The van der Waals surface area contributed by atoms with Crippen LogP contribution in [0.1, 0.15) is 33.3 Å². The summed E-state index contributed by atoms with van der Waals surface area (Å²) in [4.78, 5) is 0. The van der Waals surface area contributed by atoms with E-state index in [2.05, 4.69) is 13.8 Å². The Bertz CT molecular complexity index is 282. The molecule has 0 aliphatic carbocycles. The topological polar surface area (TPSA) is 9.23 Å². The summed E-state index contributed by atoms with van der Waals surface area (Å²) in [5.74, 6) is 1.05. The van der Waals surface area contributed by atoms with Gasteiger partial charge in [-0.1, -0.05) is 27.7 Å². The molecule has 1 aromatic rings. The van der Waals surface area contributed by atoms with Crippen molar-refractivity contribution in [1.82, 2.24) is 0 Å². The molecule has 0 bridgehead atoms. The fourth-order valence-electron chi connectivity index (χ4n) is 1.03. The van der Waals surface area contributed by atoms with E-state index in [-0.39, 0.29) is 5.82 Å². The van der Waals surface area contributed by atoms with Crippen LogP contribution >= 0.6 is 0 Å². The van der Waals surface area contributed by atoms with Crippen molar-refractivity contribution in [2.45, 2.75) is 34.6 Å². The highest BCUT2D eigenvalue weighted by Gasteiger charge is 2.01. The van der Waals surface area contributed by atoms with E-state index in [0.717, 1.165) is 11.3 Å². The highest BCUT2D eigenvalue weighted by Crippen LogP contribution is 2.18. The molecule has 0 saturated heterocycles. The van der Waals surface area contributed by atoms with Crippen molar-refractivity contribution in [1.29, 1.82) is 0 Å². The van der Waals surface area contributed by atoms with E-state index in [9.17, 15) is 4.39 Å². The standard InChI is InChI=1S/C11H15FO.C2H6/c1-8(2)7-13-11-5-4-10(12)6-9(11)3;1-2/h4-6,8H,7H2,1-3H3;1-2H3. The summed E-state index contributed by atoms with van der Waals surface area (Å²) in [6, 6.07) is 4.57. The van der Waals surface area contributed by atoms with Crippen LogP contribution in [0.5, 0.6) is 5.75 Å². The van der Waals surface area contributed by atoms with Crippen LogP contribution in [0.2, 0.25) is 0 Å². The van der Waals surface area contributed by atoms with E-state index in [0.29, 0.717) is 12.5 Å². The van der Waals surface area contributed by atoms with Crippen LogP contribution < -0.4 is 4.74 Å². The van der Waals surface area contributed by atoms with Crippen LogP contribution in [0.4, 0.5) is 4.39 Å². The number of hydrogen-bond acceptors (Lipinski definition) is 1. The lowest BCUT2D eigenvalue weighted by Gasteiger charge is -2.10. The lowest BCUT2D eigenvalue weighted by molar-refractivity contribution is 0.269. The van der Waals surface area contributed by atoms with Gasteiger partial charge in [-0.05, 0) is 36.6 Å². The molecule has 0 aliphatic heterocycles. The van der Waals surface area contributed by atoms with Gasteiger partial charge in [0.05, 0.1) is 6.61 Å². The molecule has 1 nitrogen and oxygen atoms in total. The van der Waals surface area contributed by atoms with Crippen molar-refractivity contribution in [3.05, 3.63) is 29.6 Å². The Labute approximate surface area is 92.3 Å². The van der Waals surface area contributed by atoms with Gasteiger partial charge >= 0.3 is 0 Å². The van der Waals surface area contributed by atoms with Crippen molar-refractivity contribution in [3.63, 3.8) is 0 Å². The first-order valence-electron chi connectivity index (χ1n) is 5.48. The predicted octanol–water partition coefficient (Wildman–Crippen LogP) is 4.20. The van der Waals surface area contributed by atoms with E-state index in [4.69, 9.17) is 4.74 Å². The van der Waals surface area contributed by atoms with Gasteiger partial charge in [-0.2, -0.15) is 0 Å². The Balaban J connectivity index is 0.000000921. The first-order valence-corrected chi connectivity index (χ1v) is 5.48. The molecule has 0 N–H and O–H groups in total. The van der Waals surface area contributed by atoms with Crippen LogP contribution in [0.3, 0.4) is 0 Å². The van der Waals surface area contributed by atoms with Gasteiger partial charge in [0, 0.05) is 0 Å². The number of hydrogen-bond donors (Lipinski definition) is 0. The molecule has 0 heterocycles. The van der Waals surface area contributed by atoms with E-state index in [1.165, 1.54) is 12.1 Å². The second-order valence-corrected chi connectivity index (χ2v) is 3.61. The molecule has 0 amide bonds. The molecule has 1 rings (SSSR count). The van der Waals surface area contributed by atoms with Crippen molar-refractivity contribution in [2.24, 2.45) is 5.92 Å². The summed E-state index contributed by atoms with van der Waals surface area (Å²) < 4.78 is 18.2. The Morgan fingerprint density at radius 1 is 1.27 bits per heavy atom. The second-order valence-electron chi connectivity index (χ2n) is 3.61. The van der Waals surface area contributed by atoms with E-state index >= 15 is 0 Å². The van der Waals surface area contributed by atoms with Gasteiger partial charge in [0.25, 0.3) is 0 Å². The molecule has 0 unspecified atom stereocenters. The first kappa shape index (κ1) is 13.9. The van der Waals surface area contributed by atoms with Crippen LogP contribution in [-0.2, 0) is 0 Å². The third-order valence-electron chi connectivity index (χ3n) is 1.71. The van der Waals surface area contributed by atoms with Gasteiger partial charge in [0.2, 0.25) is 0 Å². The summed E-state index contributed by atoms with van der Waals surface area (Å²) in [5.41, 5.74) is 0.848. The molecular formula is C13H21FO. The average Bonchev–Trinajstić information content (AvgIpc) is 2.19. The number of benzene rings is 1. The molecule has 1 aromatic carbocycles. The third-order valence-corrected chi connectivity index (χ3v) is 1.71. The Hall–Kier alpha value is -1.05. The van der Waals surface area contributed by atoms with Gasteiger partial charge < -0.3 is 4.74 Å². The predicted molar refractivity (Wildman–Crippen MR) is 62.8 cm³/mol. The van der Waals surface area contributed by atoms with Crippen molar-refractivity contribution >= 4 is 0 Å². The molecular weight excluding hydrogens is 191 g/mol. The third kappa shape index (κ3) is 5.40. The lowest BCUT2D eigenvalue weighted by atomic mass is 10.2. The number of aryl methyl sites for hydroxylation is 1. The zero-order valence-electron chi connectivity index (χ0n) is 10.3. The average molecular weight is 212 g/mol. The van der Waals surface area contributed by atoms with Gasteiger partial charge in [-0.15, -0.1) is 0 Å². The molecule has 15 heavy (non-hydrogen) atoms. The zero-order chi connectivity index (χ0) is 11.8. The van der Waals surface area contributed by atoms with Crippen LogP contribution in [0.15, 0.2) is 18.2 Å². The van der Waals surface area contributed by atoms with Gasteiger partial charge in [-0.3, -0.25) is 0 Å². The Kier molecular flexibility index (Phi) is 6.76. The van der Waals surface area contributed by atoms with Crippen LogP contribution in [-0.4, -0.2) is 6.61 Å². The molecule has 0 spiro atoms. The molecule has 0 aromatic heterocycles. The second kappa shape index (κ2) is 7.27. The molecule has 0 fully saturated rings. The minimum atomic E-state index is -0.214. The fraction of sp³-hybridized carbons (Fsp3) is 0.538. The number of halogens is 1. The van der Waals surface area contributed by atoms with E-state index in [1.54, 1.807) is 6.07 Å². The van der Waals surface area contributed by atoms with Crippen molar-refractivity contribution < 1.29 is 9.13 Å². The minimum Gasteiger partial charge on any atom is -0.493 e. The maximum Gasteiger partial charge on any atom is 0.123 e. The minimum absolute atomic E-state index is 0.214. The lowest BCUT2D eigenvalue weighted by Crippen LogP contribution is -2.05. The van der Waals surface area contributed by atoms with Crippen molar-refractivity contribution in [3.8, 4) is 5.75 Å². The number of rotatable bonds is 3.